The molecule has 0 aromatic carbocycles. The molecular formula is C7H11O4P. The van der Waals surface area contributed by atoms with Crippen molar-refractivity contribution in [1.82, 2.24) is 0 Å². The van der Waals surface area contributed by atoms with Gasteiger partial charge in [0.1, 0.15) is 0 Å². The van der Waals surface area contributed by atoms with Gasteiger partial charge in [0, 0.05) is 12.0 Å². The van der Waals surface area contributed by atoms with Crippen molar-refractivity contribution in [2.75, 3.05) is 13.2 Å². The molecule has 0 aliphatic heterocycles. The molecule has 0 fully saturated rings. The molecule has 12 heavy (non-hydrogen) atoms. The molecule has 0 aliphatic rings. The highest BCUT2D eigenvalue weighted by Crippen LogP contribution is 1.97. The van der Waals surface area contributed by atoms with E-state index in [2.05, 4.69) is 11.1 Å². The zero-order chi connectivity index (χ0) is 9.40. The van der Waals surface area contributed by atoms with E-state index < -0.39 is 5.97 Å². The van der Waals surface area contributed by atoms with Gasteiger partial charge in [-0.25, -0.2) is 9.36 Å². The summed E-state index contributed by atoms with van der Waals surface area (Å²) >= 11 is 0. The Morgan fingerprint density at radius 1 is 1.50 bits per heavy atom. The Hall–Kier alpha value is -0.730. The van der Waals surface area contributed by atoms with Crippen LogP contribution in [0.3, 0.4) is 0 Å². The van der Waals surface area contributed by atoms with Crippen molar-refractivity contribution in [3.63, 3.8) is 0 Å². The van der Waals surface area contributed by atoms with E-state index in [-0.39, 0.29) is 15.3 Å². The Labute approximate surface area is 72.8 Å². The maximum atomic E-state index is 10.7. The van der Waals surface area contributed by atoms with Gasteiger partial charge in [-0.2, -0.15) is 0 Å². The summed E-state index contributed by atoms with van der Waals surface area (Å²) in [7, 11) is -0.345. The van der Waals surface area contributed by atoms with Crippen LogP contribution in [0.1, 0.15) is 13.3 Å². The highest BCUT2D eigenvalue weighted by molar-refractivity contribution is 7.17. The molecule has 68 valence electrons. The standard InChI is InChI=1S/C7H11O4P/c1-6(2)7(8)10-4-3-5-11-12-9/h1,3-5H2,2H3. The summed E-state index contributed by atoms with van der Waals surface area (Å²) in [6.45, 7) is 5.57. The molecule has 0 N–H and O–H groups in total. The fourth-order valence-electron chi connectivity index (χ4n) is 0.449. The van der Waals surface area contributed by atoms with Crippen LogP contribution in [0.2, 0.25) is 0 Å². The van der Waals surface area contributed by atoms with E-state index in [1.54, 1.807) is 6.92 Å². The molecule has 0 unspecified atom stereocenters. The van der Waals surface area contributed by atoms with Crippen molar-refractivity contribution in [3.05, 3.63) is 12.2 Å². The summed E-state index contributed by atoms with van der Waals surface area (Å²) in [4.78, 5) is 10.7. The number of rotatable bonds is 6. The summed E-state index contributed by atoms with van der Waals surface area (Å²) in [5.41, 5.74) is 0.373. The zero-order valence-electron chi connectivity index (χ0n) is 6.91. The normalized spacial score (nSPS) is 9.75. The average Bonchev–Trinajstić information content (AvgIpc) is 2.03. The van der Waals surface area contributed by atoms with Gasteiger partial charge in [-0.05, 0) is 6.92 Å². The molecule has 0 aromatic heterocycles. The predicted molar refractivity (Wildman–Crippen MR) is 43.9 cm³/mol. The average molecular weight is 190 g/mol. The Kier molecular flexibility index (Phi) is 6.53. The largest absolute Gasteiger partial charge is 0.462 e. The van der Waals surface area contributed by atoms with Crippen LogP contribution in [0.25, 0.3) is 0 Å². The predicted octanol–water partition coefficient (Wildman–Crippen LogP) is 1.72. The number of hydrogen-bond acceptors (Lipinski definition) is 4. The molecule has 0 rings (SSSR count). The number of carbonyl (C=O) groups excluding carboxylic acids is 1. The van der Waals surface area contributed by atoms with Crippen LogP contribution in [-0.4, -0.2) is 19.2 Å². The first-order valence-corrected chi connectivity index (χ1v) is 4.18. The molecule has 0 atom stereocenters. The minimum Gasteiger partial charge on any atom is -0.462 e. The van der Waals surface area contributed by atoms with E-state index in [4.69, 9.17) is 4.74 Å². The molecule has 5 heteroatoms. The van der Waals surface area contributed by atoms with Crippen LogP contribution < -0.4 is 0 Å². The van der Waals surface area contributed by atoms with Gasteiger partial charge in [0.25, 0.3) is 0 Å². The number of hydrogen-bond donors (Lipinski definition) is 0. The van der Waals surface area contributed by atoms with E-state index in [9.17, 15) is 9.36 Å². The van der Waals surface area contributed by atoms with Gasteiger partial charge in [-0.1, -0.05) is 6.58 Å². The SMILES string of the molecule is C=C(C)C(=O)OCCCOP=O. The summed E-state index contributed by atoms with van der Waals surface area (Å²) in [6.07, 6.45) is 0.536. The van der Waals surface area contributed by atoms with Gasteiger partial charge < -0.3 is 4.74 Å². The highest BCUT2D eigenvalue weighted by atomic mass is 31.1. The van der Waals surface area contributed by atoms with Crippen molar-refractivity contribution in [2.24, 2.45) is 0 Å². The topological polar surface area (TPSA) is 52.6 Å². The smallest absolute Gasteiger partial charge is 0.333 e. The minimum absolute atomic E-state index is 0.265. The van der Waals surface area contributed by atoms with Crippen LogP contribution in [0.5, 0.6) is 0 Å². The Morgan fingerprint density at radius 3 is 2.67 bits per heavy atom. The van der Waals surface area contributed by atoms with E-state index in [0.29, 0.717) is 18.6 Å². The number of esters is 1. The molecule has 4 nitrogen and oxygen atoms in total. The monoisotopic (exact) mass is 190 g/mol. The van der Waals surface area contributed by atoms with Gasteiger partial charge in [0.15, 0.2) is 0 Å². The third-order valence-electron chi connectivity index (χ3n) is 1.01. The quantitative estimate of drug-likeness (QED) is 0.277. The van der Waals surface area contributed by atoms with Crippen molar-refractivity contribution >= 4 is 14.7 Å². The van der Waals surface area contributed by atoms with Gasteiger partial charge in [-0.3, -0.25) is 4.52 Å². The molecule has 0 radical (unpaired) electrons. The molecule has 0 spiro atoms. The van der Waals surface area contributed by atoms with E-state index in [0.717, 1.165) is 0 Å². The van der Waals surface area contributed by atoms with Crippen LogP contribution in [0.4, 0.5) is 0 Å². The fourth-order valence-corrected chi connectivity index (χ4v) is 0.652. The molecule has 0 bridgehead atoms. The third-order valence-corrected chi connectivity index (χ3v) is 1.30. The van der Waals surface area contributed by atoms with Gasteiger partial charge in [-0.15, -0.1) is 0 Å². The second kappa shape index (κ2) is 6.95. The van der Waals surface area contributed by atoms with Crippen LogP contribution in [0, 0.1) is 0 Å². The molecule has 0 saturated carbocycles. The van der Waals surface area contributed by atoms with Gasteiger partial charge >= 0.3 is 14.7 Å². The highest BCUT2D eigenvalue weighted by Gasteiger charge is 2.01. The second-order valence-electron chi connectivity index (χ2n) is 2.18. The minimum atomic E-state index is -0.408. The molecule has 0 aromatic rings. The van der Waals surface area contributed by atoms with Crippen LogP contribution in [0.15, 0.2) is 12.2 Å². The number of ether oxygens (including phenoxy) is 1. The molecule has 0 aliphatic carbocycles. The first kappa shape index (κ1) is 11.3. The van der Waals surface area contributed by atoms with Crippen molar-refractivity contribution in [1.29, 1.82) is 0 Å². The fraction of sp³-hybridized carbons (Fsp3) is 0.571. The number of carbonyl (C=O) groups is 1. The van der Waals surface area contributed by atoms with Gasteiger partial charge in [0.2, 0.25) is 0 Å². The van der Waals surface area contributed by atoms with Crippen molar-refractivity contribution in [2.45, 2.75) is 13.3 Å². The summed E-state index contributed by atoms with van der Waals surface area (Å²) in [6, 6.07) is 0. The Bertz CT molecular complexity index is 178. The first-order valence-electron chi connectivity index (χ1n) is 3.45. The molecule has 0 saturated heterocycles. The first-order chi connectivity index (χ1) is 5.68. The maximum Gasteiger partial charge on any atom is 0.333 e. The van der Waals surface area contributed by atoms with Crippen LogP contribution >= 0.6 is 8.69 Å². The van der Waals surface area contributed by atoms with E-state index in [1.165, 1.54) is 0 Å². The summed E-state index contributed by atoms with van der Waals surface area (Å²) < 4.78 is 19.0. The lowest BCUT2D eigenvalue weighted by molar-refractivity contribution is -0.139. The molecule has 0 amide bonds. The Morgan fingerprint density at radius 2 is 2.17 bits per heavy atom. The lowest BCUT2D eigenvalue weighted by atomic mass is 10.4. The Balaban J connectivity index is 3.25. The lowest BCUT2D eigenvalue weighted by Crippen LogP contribution is -2.07. The molecular weight excluding hydrogens is 179 g/mol. The lowest BCUT2D eigenvalue weighted by Gasteiger charge is -2.01. The zero-order valence-corrected chi connectivity index (χ0v) is 7.80. The molecule has 0 heterocycles. The van der Waals surface area contributed by atoms with Gasteiger partial charge in [0.05, 0.1) is 13.2 Å². The third kappa shape index (κ3) is 6.01. The van der Waals surface area contributed by atoms with Crippen molar-refractivity contribution < 1.29 is 18.6 Å². The van der Waals surface area contributed by atoms with E-state index in [1.807, 2.05) is 0 Å². The van der Waals surface area contributed by atoms with Crippen LogP contribution in [-0.2, 0) is 18.6 Å². The van der Waals surface area contributed by atoms with Crippen molar-refractivity contribution in [3.8, 4) is 0 Å². The second-order valence-corrected chi connectivity index (χ2v) is 2.58. The summed E-state index contributed by atoms with van der Waals surface area (Å²) in [5.74, 6) is -0.408. The maximum absolute atomic E-state index is 10.7. The summed E-state index contributed by atoms with van der Waals surface area (Å²) in [5, 5.41) is 0. The van der Waals surface area contributed by atoms with E-state index >= 15 is 0 Å².